The van der Waals surface area contributed by atoms with Crippen molar-refractivity contribution in [3.63, 3.8) is 0 Å². The molecule has 0 spiro atoms. The van der Waals surface area contributed by atoms with Crippen LogP contribution >= 0.6 is 0 Å². The summed E-state index contributed by atoms with van der Waals surface area (Å²) in [7, 11) is 0. The molecule has 0 heterocycles. The summed E-state index contributed by atoms with van der Waals surface area (Å²) in [5, 5.41) is 0. The van der Waals surface area contributed by atoms with Gasteiger partial charge in [0.2, 0.25) is 0 Å². The molecule has 0 saturated carbocycles. The van der Waals surface area contributed by atoms with E-state index >= 15 is 0 Å². The van der Waals surface area contributed by atoms with Crippen LogP contribution in [0.15, 0.2) is 24.3 Å². The van der Waals surface area contributed by atoms with Crippen molar-refractivity contribution in [2.45, 2.75) is 46.0 Å². The van der Waals surface area contributed by atoms with E-state index in [2.05, 4.69) is 26.5 Å². The molecule has 0 bridgehead atoms. The van der Waals surface area contributed by atoms with Crippen LogP contribution < -0.4 is 0 Å². The van der Waals surface area contributed by atoms with Crippen LogP contribution in [-0.2, 0) is 4.79 Å². The summed E-state index contributed by atoms with van der Waals surface area (Å²) in [6, 6.07) is 0. The Labute approximate surface area is 87.9 Å². The van der Waals surface area contributed by atoms with Gasteiger partial charge < -0.3 is 0 Å². The Balaban J connectivity index is 4.31. The quantitative estimate of drug-likeness (QED) is 0.325. The van der Waals surface area contributed by atoms with Crippen molar-refractivity contribution in [3.05, 3.63) is 24.3 Å². The predicted octanol–water partition coefficient (Wildman–Crippen LogP) is 3.90. The number of carbonyl (C=O) groups is 1. The molecule has 0 aliphatic rings. The van der Waals surface area contributed by atoms with E-state index in [1.165, 1.54) is 0 Å². The molecule has 1 atom stereocenters. The minimum absolute atomic E-state index is 0.504. The van der Waals surface area contributed by atoms with Gasteiger partial charge in [-0.3, -0.25) is 4.79 Å². The molecule has 0 rings (SSSR count). The zero-order valence-corrected chi connectivity index (χ0v) is 9.46. The van der Waals surface area contributed by atoms with E-state index in [9.17, 15) is 4.79 Å². The van der Waals surface area contributed by atoms with Gasteiger partial charge in [0.25, 0.3) is 0 Å². The maximum Gasteiger partial charge on any atom is 0.145 e. The Kier molecular flexibility index (Phi) is 8.20. The average molecular weight is 194 g/mol. The summed E-state index contributed by atoms with van der Waals surface area (Å²) >= 11 is 0. The largest absolute Gasteiger partial charge is 0.298 e. The lowest BCUT2D eigenvalue weighted by atomic mass is 9.96. The third-order valence-electron chi connectivity index (χ3n) is 2.27. The van der Waals surface area contributed by atoms with Gasteiger partial charge in [-0.2, -0.15) is 0 Å². The van der Waals surface area contributed by atoms with Crippen LogP contribution in [-0.4, -0.2) is 6.29 Å². The number of allylic oxidation sites excluding steroid dienone is 3. The van der Waals surface area contributed by atoms with Crippen LogP contribution in [0.1, 0.15) is 46.0 Å². The van der Waals surface area contributed by atoms with E-state index in [4.69, 9.17) is 0 Å². The van der Waals surface area contributed by atoms with Crippen LogP contribution in [0.5, 0.6) is 0 Å². The number of carbonyl (C=O) groups excluding carboxylic acids is 1. The number of hydrogen-bond acceptors (Lipinski definition) is 1. The number of aldehydes is 1. The highest BCUT2D eigenvalue weighted by atomic mass is 16.1. The van der Waals surface area contributed by atoms with Crippen molar-refractivity contribution in [3.8, 4) is 0 Å². The summed E-state index contributed by atoms with van der Waals surface area (Å²) in [6.07, 6.45) is 10.3. The van der Waals surface area contributed by atoms with Gasteiger partial charge in [-0.05, 0) is 30.8 Å². The summed E-state index contributed by atoms with van der Waals surface area (Å²) in [4.78, 5) is 10.7. The maximum absolute atomic E-state index is 10.7. The zero-order valence-electron chi connectivity index (χ0n) is 9.46. The predicted molar refractivity (Wildman–Crippen MR) is 62.3 cm³/mol. The molecular weight excluding hydrogens is 172 g/mol. The molecule has 0 N–H and O–H groups in total. The van der Waals surface area contributed by atoms with Gasteiger partial charge in [-0.1, -0.05) is 38.8 Å². The Morgan fingerprint density at radius 3 is 2.50 bits per heavy atom. The first-order chi connectivity index (χ1) is 6.78. The first-order valence-electron chi connectivity index (χ1n) is 5.55. The molecule has 0 aromatic heterocycles. The van der Waals surface area contributed by atoms with Gasteiger partial charge in [0.1, 0.15) is 6.29 Å². The topological polar surface area (TPSA) is 17.1 Å². The third-order valence-corrected chi connectivity index (χ3v) is 2.27. The van der Waals surface area contributed by atoms with Crippen LogP contribution in [0.4, 0.5) is 0 Å². The van der Waals surface area contributed by atoms with E-state index in [1.807, 2.05) is 6.08 Å². The number of hydrogen-bond donors (Lipinski definition) is 0. The highest BCUT2D eigenvalue weighted by molar-refractivity contribution is 5.73. The van der Waals surface area contributed by atoms with Gasteiger partial charge in [-0.25, -0.2) is 0 Å². The van der Waals surface area contributed by atoms with Gasteiger partial charge in [0.05, 0.1) is 0 Å². The van der Waals surface area contributed by atoms with Gasteiger partial charge >= 0.3 is 0 Å². The van der Waals surface area contributed by atoms with E-state index in [1.54, 1.807) is 0 Å². The molecule has 0 aliphatic carbocycles. The molecule has 1 unspecified atom stereocenters. The van der Waals surface area contributed by atoms with E-state index in [-0.39, 0.29) is 0 Å². The fourth-order valence-corrected chi connectivity index (χ4v) is 1.63. The molecule has 1 heteroatoms. The summed E-state index contributed by atoms with van der Waals surface area (Å²) in [6.45, 7) is 8.01. The molecule has 0 fully saturated rings. The summed E-state index contributed by atoms with van der Waals surface area (Å²) < 4.78 is 0. The highest BCUT2D eigenvalue weighted by Crippen LogP contribution is 2.16. The lowest BCUT2D eigenvalue weighted by Gasteiger charge is -2.09. The van der Waals surface area contributed by atoms with Crippen LogP contribution in [0.25, 0.3) is 0 Å². The normalized spacial score (nSPS) is 13.7. The first-order valence-corrected chi connectivity index (χ1v) is 5.55. The van der Waals surface area contributed by atoms with E-state index < -0.39 is 0 Å². The molecule has 80 valence electrons. The SMILES string of the molecule is C=CCC(C=C(C=O)CCC)CCC. The molecule has 0 radical (unpaired) electrons. The van der Waals surface area contributed by atoms with Crippen molar-refractivity contribution in [1.29, 1.82) is 0 Å². The summed E-state index contributed by atoms with van der Waals surface area (Å²) in [5.74, 6) is 0.504. The minimum atomic E-state index is 0.504. The van der Waals surface area contributed by atoms with E-state index in [0.29, 0.717) is 5.92 Å². The summed E-state index contributed by atoms with van der Waals surface area (Å²) in [5.41, 5.74) is 0.952. The molecule has 0 saturated heterocycles. The van der Waals surface area contributed by atoms with Crippen LogP contribution in [0.3, 0.4) is 0 Å². The molecule has 0 aliphatic heterocycles. The van der Waals surface area contributed by atoms with Crippen molar-refractivity contribution >= 4 is 6.29 Å². The second-order valence-electron chi connectivity index (χ2n) is 3.68. The first kappa shape index (κ1) is 13.2. The highest BCUT2D eigenvalue weighted by Gasteiger charge is 2.03. The van der Waals surface area contributed by atoms with Gasteiger partial charge in [-0.15, -0.1) is 6.58 Å². The smallest absolute Gasteiger partial charge is 0.145 e. The molecular formula is C13H22O. The second kappa shape index (κ2) is 8.74. The second-order valence-corrected chi connectivity index (χ2v) is 3.68. The standard InChI is InChI=1S/C13H22O/c1-4-7-12(8-5-2)10-13(11-14)9-6-3/h4,10-12H,1,5-9H2,2-3H3. The number of rotatable bonds is 8. The zero-order chi connectivity index (χ0) is 10.8. The Hall–Kier alpha value is -0.850. The fraction of sp³-hybridized carbons (Fsp3) is 0.615. The lowest BCUT2D eigenvalue weighted by Crippen LogP contribution is -1.97. The van der Waals surface area contributed by atoms with Crippen molar-refractivity contribution in [2.24, 2.45) is 5.92 Å². The molecule has 0 amide bonds. The van der Waals surface area contributed by atoms with Gasteiger partial charge in [0, 0.05) is 0 Å². The minimum Gasteiger partial charge on any atom is -0.298 e. The maximum atomic E-state index is 10.7. The Morgan fingerprint density at radius 1 is 1.36 bits per heavy atom. The molecule has 0 aromatic rings. The molecule has 14 heavy (non-hydrogen) atoms. The van der Waals surface area contributed by atoms with Crippen molar-refractivity contribution < 1.29 is 4.79 Å². The molecule has 1 nitrogen and oxygen atoms in total. The lowest BCUT2D eigenvalue weighted by molar-refractivity contribution is -0.105. The van der Waals surface area contributed by atoms with Gasteiger partial charge in [0.15, 0.2) is 0 Å². The van der Waals surface area contributed by atoms with Crippen molar-refractivity contribution in [2.75, 3.05) is 0 Å². The van der Waals surface area contributed by atoms with Crippen LogP contribution in [0.2, 0.25) is 0 Å². The Morgan fingerprint density at radius 2 is 2.07 bits per heavy atom. The molecule has 0 aromatic carbocycles. The third kappa shape index (κ3) is 5.74. The van der Waals surface area contributed by atoms with E-state index in [0.717, 1.165) is 44.0 Å². The Bertz CT molecular complexity index is 191. The van der Waals surface area contributed by atoms with Crippen LogP contribution in [0, 0.1) is 5.92 Å². The average Bonchev–Trinajstić information content (AvgIpc) is 2.18. The fourth-order valence-electron chi connectivity index (χ4n) is 1.63. The van der Waals surface area contributed by atoms with Crippen molar-refractivity contribution in [1.82, 2.24) is 0 Å². The monoisotopic (exact) mass is 194 g/mol.